The van der Waals surface area contributed by atoms with Gasteiger partial charge in [-0.05, 0) is 12.8 Å². The van der Waals surface area contributed by atoms with Crippen LogP contribution in [-0.2, 0) is 0 Å². The molecule has 0 radical (unpaired) electrons. The van der Waals surface area contributed by atoms with Gasteiger partial charge in [-0.2, -0.15) is 0 Å². The Kier molecular flexibility index (Phi) is 4.72. The normalized spacial score (nSPS) is 12.6. The zero-order chi connectivity index (χ0) is 7.98. The zero-order valence-electron chi connectivity index (χ0n) is 6.80. The van der Waals surface area contributed by atoms with E-state index in [-0.39, 0.29) is 5.96 Å². The highest BCUT2D eigenvalue weighted by molar-refractivity contribution is 5.75. The summed E-state index contributed by atoms with van der Waals surface area (Å²) in [6.45, 7) is 4.22. The number of guanidine groups is 1. The van der Waals surface area contributed by atoms with E-state index in [9.17, 15) is 0 Å². The quantitative estimate of drug-likeness (QED) is 0.452. The molecule has 0 aliphatic heterocycles. The predicted molar refractivity (Wildman–Crippen MR) is 44.8 cm³/mol. The first kappa shape index (κ1) is 9.27. The van der Waals surface area contributed by atoms with Crippen LogP contribution in [0, 0.1) is 0 Å². The van der Waals surface area contributed by atoms with E-state index in [1.165, 1.54) is 0 Å². The van der Waals surface area contributed by atoms with Crippen LogP contribution in [0.3, 0.4) is 0 Å². The van der Waals surface area contributed by atoms with Crippen molar-refractivity contribution in [2.24, 2.45) is 16.5 Å². The van der Waals surface area contributed by atoms with E-state index in [4.69, 9.17) is 11.5 Å². The average Bonchev–Trinajstić information content (AvgIpc) is 1.86. The summed E-state index contributed by atoms with van der Waals surface area (Å²) in [5, 5.41) is 0. The number of nitrogens with two attached hydrogens (primary N) is 2. The van der Waals surface area contributed by atoms with E-state index in [0.717, 1.165) is 19.3 Å². The number of hydrogen-bond acceptors (Lipinski definition) is 1. The second-order valence-corrected chi connectivity index (χ2v) is 2.40. The van der Waals surface area contributed by atoms with Gasteiger partial charge in [-0.25, -0.2) is 0 Å². The van der Waals surface area contributed by atoms with Gasteiger partial charge in [-0.3, -0.25) is 4.99 Å². The van der Waals surface area contributed by atoms with E-state index in [0.29, 0.717) is 6.04 Å². The largest absolute Gasteiger partial charge is 0.370 e. The molecule has 10 heavy (non-hydrogen) atoms. The molecule has 0 unspecified atom stereocenters. The van der Waals surface area contributed by atoms with Gasteiger partial charge in [0.1, 0.15) is 0 Å². The molecule has 0 aliphatic carbocycles. The molecule has 1 atom stereocenters. The van der Waals surface area contributed by atoms with Crippen LogP contribution < -0.4 is 11.5 Å². The fourth-order valence-corrected chi connectivity index (χ4v) is 0.904. The van der Waals surface area contributed by atoms with Gasteiger partial charge in [0, 0.05) is 0 Å². The van der Waals surface area contributed by atoms with Crippen LogP contribution in [0.5, 0.6) is 0 Å². The van der Waals surface area contributed by atoms with Crippen molar-refractivity contribution in [3.8, 4) is 0 Å². The lowest BCUT2D eigenvalue weighted by atomic mass is 10.1. The van der Waals surface area contributed by atoms with Crippen LogP contribution in [0.4, 0.5) is 0 Å². The Labute approximate surface area is 62.5 Å². The van der Waals surface area contributed by atoms with Gasteiger partial charge in [0.2, 0.25) is 0 Å². The van der Waals surface area contributed by atoms with E-state index >= 15 is 0 Å². The lowest BCUT2D eigenvalue weighted by Gasteiger charge is -2.07. The molecule has 0 amide bonds. The lowest BCUT2D eigenvalue weighted by molar-refractivity contribution is 0.588. The second kappa shape index (κ2) is 5.09. The van der Waals surface area contributed by atoms with Gasteiger partial charge in [0.25, 0.3) is 0 Å². The van der Waals surface area contributed by atoms with Crippen LogP contribution in [0.1, 0.15) is 33.1 Å². The molecule has 0 heterocycles. The molecule has 3 heteroatoms. The summed E-state index contributed by atoms with van der Waals surface area (Å²) in [5.74, 6) is 0.209. The number of aliphatic imine (C=N–C) groups is 1. The van der Waals surface area contributed by atoms with Crippen LogP contribution in [0.15, 0.2) is 4.99 Å². The summed E-state index contributed by atoms with van der Waals surface area (Å²) in [7, 11) is 0. The third kappa shape index (κ3) is 4.18. The Morgan fingerprint density at radius 3 is 2.30 bits per heavy atom. The Morgan fingerprint density at radius 1 is 1.40 bits per heavy atom. The highest BCUT2D eigenvalue weighted by Gasteiger charge is 2.00. The number of rotatable bonds is 4. The SMILES string of the molecule is CCC[C@H](CC)N=C(N)N. The van der Waals surface area contributed by atoms with Crippen molar-refractivity contribution in [2.45, 2.75) is 39.2 Å². The topological polar surface area (TPSA) is 64.4 Å². The van der Waals surface area contributed by atoms with Crippen molar-refractivity contribution in [3.05, 3.63) is 0 Å². The first-order chi connectivity index (χ1) is 4.70. The zero-order valence-corrected chi connectivity index (χ0v) is 6.80. The molecule has 4 N–H and O–H groups in total. The summed E-state index contributed by atoms with van der Waals surface area (Å²) in [6.07, 6.45) is 3.23. The van der Waals surface area contributed by atoms with Crippen LogP contribution in [0.25, 0.3) is 0 Å². The summed E-state index contributed by atoms with van der Waals surface area (Å²) >= 11 is 0. The molecule has 0 aromatic carbocycles. The van der Waals surface area contributed by atoms with Crippen LogP contribution in [-0.4, -0.2) is 12.0 Å². The van der Waals surface area contributed by atoms with Crippen molar-refractivity contribution < 1.29 is 0 Å². The number of nitrogens with zero attached hydrogens (tertiary/aromatic N) is 1. The Balaban J connectivity index is 3.71. The molecule has 0 aromatic rings. The van der Waals surface area contributed by atoms with Crippen LogP contribution >= 0.6 is 0 Å². The predicted octanol–water partition coefficient (Wildman–Crippen LogP) is 0.839. The Bertz CT molecular complexity index is 105. The molecular formula is C7H17N3. The monoisotopic (exact) mass is 143 g/mol. The third-order valence-electron chi connectivity index (χ3n) is 1.42. The van der Waals surface area contributed by atoms with E-state index in [2.05, 4.69) is 18.8 Å². The average molecular weight is 143 g/mol. The highest BCUT2D eigenvalue weighted by Crippen LogP contribution is 2.04. The van der Waals surface area contributed by atoms with E-state index in [1.54, 1.807) is 0 Å². The van der Waals surface area contributed by atoms with Gasteiger partial charge in [0.05, 0.1) is 6.04 Å². The Hall–Kier alpha value is -0.730. The molecule has 0 bridgehead atoms. The minimum atomic E-state index is 0.209. The highest BCUT2D eigenvalue weighted by atomic mass is 15.0. The van der Waals surface area contributed by atoms with E-state index < -0.39 is 0 Å². The summed E-state index contributed by atoms with van der Waals surface area (Å²) in [6, 6.07) is 0.329. The minimum absolute atomic E-state index is 0.209. The fraction of sp³-hybridized carbons (Fsp3) is 0.857. The van der Waals surface area contributed by atoms with Crippen molar-refractivity contribution in [1.29, 1.82) is 0 Å². The standard InChI is InChI=1S/C7H17N3/c1-3-5-6(4-2)10-7(8)9/h6H,3-5H2,1-2H3,(H4,8,9,10)/t6-/m0/s1. The van der Waals surface area contributed by atoms with Crippen molar-refractivity contribution in [2.75, 3.05) is 0 Å². The molecule has 0 saturated heterocycles. The molecular weight excluding hydrogens is 126 g/mol. The molecule has 60 valence electrons. The summed E-state index contributed by atoms with van der Waals surface area (Å²) in [5.41, 5.74) is 10.5. The molecule has 0 saturated carbocycles. The Morgan fingerprint density at radius 2 is 2.00 bits per heavy atom. The van der Waals surface area contributed by atoms with Crippen molar-refractivity contribution in [3.63, 3.8) is 0 Å². The van der Waals surface area contributed by atoms with E-state index in [1.807, 2.05) is 0 Å². The lowest BCUT2D eigenvalue weighted by Crippen LogP contribution is -2.25. The second-order valence-electron chi connectivity index (χ2n) is 2.40. The van der Waals surface area contributed by atoms with Crippen LogP contribution in [0.2, 0.25) is 0 Å². The van der Waals surface area contributed by atoms with Gasteiger partial charge in [0.15, 0.2) is 5.96 Å². The molecule has 0 rings (SSSR count). The smallest absolute Gasteiger partial charge is 0.186 e. The third-order valence-corrected chi connectivity index (χ3v) is 1.42. The summed E-state index contributed by atoms with van der Waals surface area (Å²) in [4.78, 5) is 4.06. The van der Waals surface area contributed by atoms with Gasteiger partial charge in [-0.1, -0.05) is 20.3 Å². The first-order valence-corrected chi connectivity index (χ1v) is 3.79. The van der Waals surface area contributed by atoms with Gasteiger partial charge >= 0.3 is 0 Å². The van der Waals surface area contributed by atoms with Gasteiger partial charge < -0.3 is 11.5 Å². The fourth-order valence-electron chi connectivity index (χ4n) is 0.904. The first-order valence-electron chi connectivity index (χ1n) is 3.79. The van der Waals surface area contributed by atoms with Crippen molar-refractivity contribution in [1.82, 2.24) is 0 Å². The minimum Gasteiger partial charge on any atom is -0.370 e. The molecule has 0 fully saturated rings. The van der Waals surface area contributed by atoms with Gasteiger partial charge in [-0.15, -0.1) is 0 Å². The maximum atomic E-state index is 5.23. The summed E-state index contributed by atoms with van der Waals surface area (Å²) < 4.78 is 0. The van der Waals surface area contributed by atoms with Crippen molar-refractivity contribution >= 4 is 5.96 Å². The molecule has 3 nitrogen and oxygen atoms in total. The molecule has 0 aromatic heterocycles. The molecule has 0 spiro atoms. The maximum Gasteiger partial charge on any atom is 0.186 e. The molecule has 0 aliphatic rings. The number of hydrogen-bond donors (Lipinski definition) is 2. The maximum absolute atomic E-state index is 5.23.